The van der Waals surface area contributed by atoms with Gasteiger partial charge in [-0.2, -0.15) is 0 Å². The van der Waals surface area contributed by atoms with Gasteiger partial charge in [0.2, 0.25) is 0 Å². The smallest absolute Gasteiger partial charge is 1.00 e. The van der Waals surface area contributed by atoms with E-state index >= 15 is 0 Å². The van der Waals surface area contributed by atoms with Gasteiger partial charge in [0.15, 0.2) is 0 Å². The molecule has 1 nitrogen and oxygen atoms in total. The maximum absolute atomic E-state index is 5.69. The Morgan fingerprint density at radius 2 is 1.31 bits per heavy atom. The molecule has 1 heterocycles. The van der Waals surface area contributed by atoms with E-state index < -0.39 is 21.3 Å². The van der Waals surface area contributed by atoms with Crippen LogP contribution in [0.3, 0.4) is 0 Å². The van der Waals surface area contributed by atoms with Crippen molar-refractivity contribution in [2.75, 3.05) is 0 Å². The summed E-state index contributed by atoms with van der Waals surface area (Å²) in [5, 5.41) is 0. The van der Waals surface area contributed by atoms with Crippen LogP contribution in [-0.2, 0) is 38.5 Å². The molecule has 48 heavy (non-hydrogen) atoms. The van der Waals surface area contributed by atoms with Gasteiger partial charge in [-0.25, -0.2) is 0 Å². The van der Waals surface area contributed by atoms with Crippen LogP contribution in [0.2, 0.25) is 0 Å². The van der Waals surface area contributed by atoms with Crippen molar-refractivity contribution in [2.45, 2.75) is 65.7 Å². The average molecular weight is 751 g/mol. The van der Waals surface area contributed by atoms with Crippen LogP contribution in [0.15, 0.2) is 129 Å². The molecular weight excluding hydrogens is 707 g/mol. The van der Waals surface area contributed by atoms with Crippen molar-refractivity contribution < 1.29 is 50.5 Å². The third kappa shape index (κ3) is 6.74. The number of benzene rings is 4. The van der Waals surface area contributed by atoms with Gasteiger partial charge in [0.25, 0.3) is 0 Å². The van der Waals surface area contributed by atoms with Crippen LogP contribution >= 0.6 is 0 Å². The zero-order valence-electron chi connectivity index (χ0n) is 29.0. The Labute approximate surface area is 307 Å². The summed E-state index contributed by atoms with van der Waals surface area (Å²) in [6.07, 6.45) is 9.54. The summed E-state index contributed by atoms with van der Waals surface area (Å²) in [6.45, 7) is 16.5. The van der Waals surface area contributed by atoms with Crippen LogP contribution in [0.1, 0.15) is 87.4 Å². The first kappa shape index (κ1) is 36.3. The molecular formula is C44H44Cl2OZr. The summed E-state index contributed by atoms with van der Waals surface area (Å²) in [7, 11) is 0. The molecule has 7 rings (SSSR count). The van der Waals surface area contributed by atoms with Crippen molar-refractivity contribution in [1.82, 2.24) is 0 Å². The molecule has 0 saturated carbocycles. The Balaban J connectivity index is 0.00000225. The average Bonchev–Trinajstić information content (AvgIpc) is 3.78. The number of allylic oxidation sites excluding steroid dienone is 4. The Morgan fingerprint density at radius 3 is 1.88 bits per heavy atom. The van der Waals surface area contributed by atoms with Gasteiger partial charge < -0.3 is 24.8 Å². The molecule has 0 aliphatic heterocycles. The van der Waals surface area contributed by atoms with Crippen molar-refractivity contribution in [3.8, 4) is 11.1 Å². The molecule has 2 aliphatic rings. The molecule has 0 amide bonds. The monoisotopic (exact) mass is 748 g/mol. The summed E-state index contributed by atoms with van der Waals surface area (Å²) in [5.74, 6) is 0.354. The fourth-order valence-corrected chi connectivity index (χ4v) is 16.1. The van der Waals surface area contributed by atoms with Crippen LogP contribution in [0, 0.1) is 5.92 Å². The minimum atomic E-state index is -2.99. The van der Waals surface area contributed by atoms with Gasteiger partial charge in [-0.1, -0.05) is 0 Å². The molecule has 0 fully saturated rings. The fourth-order valence-electron chi connectivity index (χ4n) is 7.18. The van der Waals surface area contributed by atoms with E-state index in [1.807, 2.05) is 12.5 Å². The van der Waals surface area contributed by atoms with E-state index in [1.54, 1.807) is 15.3 Å². The molecule has 1 atom stereocenters. The molecule has 4 aromatic carbocycles. The number of halogens is 2. The molecule has 2 aliphatic carbocycles. The van der Waals surface area contributed by atoms with Crippen LogP contribution in [-0.4, -0.2) is 3.21 Å². The summed E-state index contributed by atoms with van der Waals surface area (Å²) in [6, 6.07) is 37.1. The minimum absolute atomic E-state index is 0. The van der Waals surface area contributed by atoms with E-state index in [0.29, 0.717) is 5.92 Å². The number of furan rings is 1. The fraction of sp³-hybridized carbons (Fsp3) is 0.250. The van der Waals surface area contributed by atoms with Crippen LogP contribution in [0.25, 0.3) is 16.7 Å². The van der Waals surface area contributed by atoms with Crippen molar-refractivity contribution in [1.29, 1.82) is 0 Å². The number of rotatable bonds is 5. The molecule has 0 N–H and O–H groups in total. The van der Waals surface area contributed by atoms with Crippen molar-refractivity contribution in [2.24, 2.45) is 5.92 Å². The third-order valence-electron chi connectivity index (χ3n) is 9.79. The van der Waals surface area contributed by atoms with Gasteiger partial charge in [0.05, 0.1) is 0 Å². The molecule has 0 saturated heterocycles. The Bertz CT molecular complexity index is 1980. The zero-order chi connectivity index (χ0) is 32.2. The van der Waals surface area contributed by atoms with Gasteiger partial charge in [-0.15, -0.1) is 0 Å². The van der Waals surface area contributed by atoms with Crippen molar-refractivity contribution in [3.63, 3.8) is 0 Å². The van der Waals surface area contributed by atoms with Crippen molar-refractivity contribution in [3.05, 3.63) is 164 Å². The standard InChI is InChI=1S/C21H25.C13H10.C10H9O.2ClH.Zr/c1-20(2,3)16-9-7-14-11-15-8-10-17(21(4,5)6)13-19(15)18(14)12-16;1-3-7-12(8-4-1)11-13-9-5-2-6-10-13;1-8-2-3-9(6-8)10-4-5-11-7-10;;;/h7,9-10,12-13H,11H2,1-6H3;1-10H;2-5,7-8H,1H3;2*1H;/q;;;;;+2/p-2. The molecule has 4 heteroatoms. The van der Waals surface area contributed by atoms with E-state index in [1.165, 1.54) is 50.1 Å². The molecule has 5 aromatic rings. The Hall–Kier alpha value is -3.03. The summed E-state index contributed by atoms with van der Waals surface area (Å²) in [4.78, 5) is 0. The quantitative estimate of drug-likeness (QED) is 0.252. The first-order chi connectivity index (χ1) is 22.0. The second kappa shape index (κ2) is 14.1. The number of fused-ring (bicyclic) bond motifs is 3. The zero-order valence-corrected chi connectivity index (χ0v) is 33.0. The van der Waals surface area contributed by atoms with E-state index in [9.17, 15) is 0 Å². The third-order valence-corrected chi connectivity index (χ3v) is 18.0. The summed E-state index contributed by atoms with van der Waals surface area (Å²) < 4.78 is 10.5. The van der Waals surface area contributed by atoms with Crippen LogP contribution < -0.4 is 28.1 Å². The predicted molar refractivity (Wildman–Crippen MR) is 192 cm³/mol. The van der Waals surface area contributed by atoms with Gasteiger partial charge in [0.1, 0.15) is 0 Å². The summed E-state index contributed by atoms with van der Waals surface area (Å²) in [5.41, 5.74) is 14.1. The number of hydrogen-bond acceptors (Lipinski definition) is 1. The maximum atomic E-state index is 5.69. The maximum Gasteiger partial charge on any atom is -1.00 e. The summed E-state index contributed by atoms with van der Waals surface area (Å²) >= 11 is -2.99. The molecule has 1 unspecified atom stereocenters. The molecule has 0 radical (unpaired) electrons. The topological polar surface area (TPSA) is 13.1 Å². The van der Waals surface area contributed by atoms with Crippen LogP contribution in [0.5, 0.6) is 0 Å². The van der Waals surface area contributed by atoms with Gasteiger partial charge in [-0.3, -0.25) is 0 Å². The molecule has 0 bridgehead atoms. The molecule has 0 spiro atoms. The first-order valence-corrected chi connectivity index (χ1v) is 20.3. The SMILES string of the molecule is CC1C=CC(c2ccoc2)=[C]1[Zr+2](=[C](c1ccccc1)c1ccccc1)[c]1cc(C(C)(C)C)cc2c1Cc1ccc(C(C)(C)C)cc1-2.[Cl-].[Cl-]. The molecule has 1 aromatic heterocycles. The Morgan fingerprint density at radius 1 is 0.708 bits per heavy atom. The van der Waals surface area contributed by atoms with E-state index in [4.69, 9.17) is 4.42 Å². The van der Waals surface area contributed by atoms with Gasteiger partial charge in [0, 0.05) is 0 Å². The second-order valence-electron chi connectivity index (χ2n) is 15.1. The Kier molecular flexibility index (Phi) is 10.6. The van der Waals surface area contributed by atoms with E-state index in [-0.39, 0.29) is 35.6 Å². The van der Waals surface area contributed by atoms with Gasteiger partial charge >= 0.3 is 284 Å². The molecule has 244 valence electrons. The minimum Gasteiger partial charge on any atom is -1.00 e. The second-order valence-corrected chi connectivity index (χ2v) is 20.8. The largest absolute Gasteiger partial charge is 1.00 e. The first-order valence-electron chi connectivity index (χ1n) is 16.6. The normalized spacial score (nSPS) is 14.8. The number of hydrogen-bond donors (Lipinski definition) is 0. The van der Waals surface area contributed by atoms with Crippen molar-refractivity contribution >= 4 is 12.1 Å². The van der Waals surface area contributed by atoms with Gasteiger partial charge in [-0.05, 0) is 0 Å². The van der Waals surface area contributed by atoms with E-state index in [2.05, 4.69) is 158 Å². The van der Waals surface area contributed by atoms with E-state index in [0.717, 1.165) is 6.42 Å². The predicted octanol–water partition coefficient (Wildman–Crippen LogP) is 4.58. The van der Waals surface area contributed by atoms with Crippen LogP contribution in [0.4, 0.5) is 0 Å².